The lowest BCUT2D eigenvalue weighted by Gasteiger charge is -2.31. The second-order valence-electron chi connectivity index (χ2n) is 9.86. The average Bonchev–Trinajstić information content (AvgIpc) is 2.86. The Morgan fingerprint density at radius 3 is 2.27 bits per heavy atom. The number of hydrogen-bond donors (Lipinski definition) is 0. The number of carbonyl (C=O) groups is 1. The summed E-state index contributed by atoms with van der Waals surface area (Å²) in [6.45, 7) is 5.33. The maximum absolute atomic E-state index is 13.5. The molecule has 1 fully saturated rings. The molecule has 4 rings (SSSR count). The molecular formula is C29H32BrClN2O3S. The van der Waals surface area contributed by atoms with Gasteiger partial charge >= 0.3 is 0 Å². The van der Waals surface area contributed by atoms with E-state index in [1.165, 1.54) is 22.0 Å². The number of piperidine rings is 1. The molecule has 1 heterocycles. The molecule has 1 amide bonds. The highest BCUT2D eigenvalue weighted by Gasteiger charge is 2.31. The van der Waals surface area contributed by atoms with E-state index in [1.807, 2.05) is 44.2 Å². The van der Waals surface area contributed by atoms with Crippen LogP contribution in [0.15, 0.2) is 70.0 Å². The maximum Gasteiger partial charge on any atom is 0.253 e. The number of sulfonamides is 1. The minimum atomic E-state index is -3.82. The van der Waals surface area contributed by atoms with Gasteiger partial charge in [-0.05, 0) is 91.6 Å². The van der Waals surface area contributed by atoms with Gasteiger partial charge in [0.1, 0.15) is 4.90 Å². The largest absolute Gasteiger partial charge is 0.337 e. The van der Waals surface area contributed by atoms with Crippen LogP contribution < -0.4 is 0 Å². The fraction of sp³-hybridized carbons (Fsp3) is 0.345. The van der Waals surface area contributed by atoms with E-state index in [0.29, 0.717) is 31.1 Å². The molecule has 3 aromatic rings. The van der Waals surface area contributed by atoms with E-state index in [1.54, 1.807) is 18.0 Å². The minimum absolute atomic E-state index is 0.00840. The van der Waals surface area contributed by atoms with Gasteiger partial charge in [-0.2, -0.15) is 4.31 Å². The first-order valence-corrected chi connectivity index (χ1v) is 15.0. The molecule has 0 atom stereocenters. The van der Waals surface area contributed by atoms with Crippen molar-refractivity contribution in [3.05, 3.63) is 98.0 Å². The van der Waals surface area contributed by atoms with E-state index in [-0.39, 0.29) is 15.8 Å². The summed E-state index contributed by atoms with van der Waals surface area (Å²) in [5.41, 5.74) is 4.81. The van der Waals surface area contributed by atoms with Crippen molar-refractivity contribution in [3.8, 4) is 0 Å². The molecule has 5 nitrogen and oxygen atoms in total. The number of amides is 1. The SMILES string of the molecule is Cc1cc(Br)cc(C)c1CN(C)C(=O)c1ccc(Cl)c(S(=O)(=O)N2CCC(Cc3ccccc3)CC2)c1. The Labute approximate surface area is 233 Å². The van der Waals surface area contributed by atoms with Gasteiger partial charge in [0.15, 0.2) is 0 Å². The number of nitrogens with zero attached hydrogens (tertiary/aromatic N) is 2. The Bertz CT molecular complexity index is 1360. The Hall–Kier alpha value is -2.19. The molecule has 1 aliphatic rings. The predicted molar refractivity (Wildman–Crippen MR) is 152 cm³/mol. The van der Waals surface area contributed by atoms with Crippen LogP contribution in [-0.4, -0.2) is 43.7 Å². The molecule has 0 N–H and O–H groups in total. The van der Waals surface area contributed by atoms with Gasteiger partial charge < -0.3 is 4.90 Å². The summed E-state index contributed by atoms with van der Waals surface area (Å²) in [5, 5.41) is 0.130. The highest BCUT2D eigenvalue weighted by atomic mass is 79.9. The average molecular weight is 604 g/mol. The van der Waals surface area contributed by atoms with E-state index >= 15 is 0 Å². The van der Waals surface area contributed by atoms with Gasteiger partial charge in [-0.25, -0.2) is 8.42 Å². The van der Waals surface area contributed by atoms with Crippen LogP contribution in [0.4, 0.5) is 0 Å². The van der Waals surface area contributed by atoms with Crippen molar-refractivity contribution in [1.82, 2.24) is 9.21 Å². The molecular weight excluding hydrogens is 572 g/mol. The zero-order chi connectivity index (χ0) is 26.7. The lowest BCUT2D eigenvalue weighted by atomic mass is 9.91. The zero-order valence-corrected chi connectivity index (χ0v) is 24.5. The molecule has 0 aliphatic carbocycles. The number of benzene rings is 3. The Kier molecular flexibility index (Phi) is 8.79. The number of halogens is 2. The number of rotatable bonds is 7. The van der Waals surface area contributed by atoms with Gasteiger partial charge in [0, 0.05) is 36.7 Å². The topological polar surface area (TPSA) is 57.7 Å². The highest BCUT2D eigenvalue weighted by Crippen LogP contribution is 2.31. The predicted octanol–water partition coefficient (Wildman–Crippen LogP) is 6.63. The van der Waals surface area contributed by atoms with Crippen molar-refractivity contribution in [2.75, 3.05) is 20.1 Å². The quantitative estimate of drug-likeness (QED) is 0.304. The molecule has 0 unspecified atom stereocenters. The van der Waals surface area contributed by atoms with Crippen molar-refractivity contribution in [2.24, 2.45) is 5.92 Å². The molecule has 1 saturated heterocycles. The molecule has 0 spiro atoms. The number of aryl methyl sites for hydroxylation is 2. The summed E-state index contributed by atoms with van der Waals surface area (Å²) in [7, 11) is -2.10. The fourth-order valence-electron chi connectivity index (χ4n) is 4.99. The van der Waals surface area contributed by atoms with E-state index in [2.05, 4.69) is 28.1 Å². The van der Waals surface area contributed by atoms with Gasteiger partial charge in [-0.15, -0.1) is 0 Å². The molecule has 0 radical (unpaired) electrons. The lowest BCUT2D eigenvalue weighted by molar-refractivity contribution is 0.0784. The molecule has 37 heavy (non-hydrogen) atoms. The highest BCUT2D eigenvalue weighted by molar-refractivity contribution is 9.10. The summed E-state index contributed by atoms with van der Waals surface area (Å²) in [6, 6.07) is 18.9. The van der Waals surface area contributed by atoms with Crippen LogP contribution in [0, 0.1) is 19.8 Å². The van der Waals surface area contributed by atoms with Crippen molar-refractivity contribution in [2.45, 2.75) is 44.6 Å². The third-order valence-electron chi connectivity index (χ3n) is 7.14. The van der Waals surface area contributed by atoms with Crippen molar-refractivity contribution in [1.29, 1.82) is 0 Å². The molecule has 196 valence electrons. The van der Waals surface area contributed by atoms with Crippen molar-refractivity contribution >= 4 is 43.5 Å². The first-order chi connectivity index (χ1) is 17.6. The van der Waals surface area contributed by atoms with Crippen LogP contribution in [-0.2, 0) is 23.0 Å². The van der Waals surface area contributed by atoms with Gasteiger partial charge in [0.05, 0.1) is 5.02 Å². The summed E-state index contributed by atoms with van der Waals surface area (Å²) >= 11 is 9.88. The second kappa shape index (κ2) is 11.7. The van der Waals surface area contributed by atoms with Crippen LogP contribution in [0.5, 0.6) is 0 Å². The summed E-state index contributed by atoms with van der Waals surface area (Å²) in [4.78, 5) is 14.9. The Balaban J connectivity index is 1.48. The van der Waals surface area contributed by atoms with Crippen LogP contribution in [0.1, 0.15) is 45.5 Å². The fourth-order valence-corrected chi connectivity index (χ4v) is 7.65. The van der Waals surface area contributed by atoms with Crippen molar-refractivity contribution in [3.63, 3.8) is 0 Å². The third kappa shape index (κ3) is 6.45. The number of hydrogen-bond acceptors (Lipinski definition) is 3. The van der Waals surface area contributed by atoms with Crippen LogP contribution in [0.25, 0.3) is 0 Å². The van der Waals surface area contributed by atoms with Gasteiger partial charge in [0.25, 0.3) is 5.91 Å². The van der Waals surface area contributed by atoms with E-state index in [0.717, 1.165) is 40.4 Å². The van der Waals surface area contributed by atoms with E-state index in [4.69, 9.17) is 11.6 Å². The number of carbonyl (C=O) groups excluding carboxylic acids is 1. The molecule has 0 bridgehead atoms. The van der Waals surface area contributed by atoms with E-state index < -0.39 is 10.0 Å². The van der Waals surface area contributed by atoms with Crippen molar-refractivity contribution < 1.29 is 13.2 Å². The van der Waals surface area contributed by atoms with Crippen LogP contribution in [0.3, 0.4) is 0 Å². The Morgan fingerprint density at radius 1 is 1.03 bits per heavy atom. The van der Waals surface area contributed by atoms with Gasteiger partial charge in [0.2, 0.25) is 10.0 Å². The molecule has 3 aromatic carbocycles. The lowest BCUT2D eigenvalue weighted by Crippen LogP contribution is -2.39. The van der Waals surface area contributed by atoms with Gasteiger partial charge in [-0.1, -0.05) is 57.9 Å². The molecule has 1 aliphatic heterocycles. The first-order valence-electron chi connectivity index (χ1n) is 12.4. The molecule has 0 saturated carbocycles. The normalized spacial score (nSPS) is 15.1. The molecule has 0 aromatic heterocycles. The second-order valence-corrected chi connectivity index (χ2v) is 13.1. The summed E-state index contributed by atoms with van der Waals surface area (Å²) in [6.07, 6.45) is 2.53. The van der Waals surface area contributed by atoms with Gasteiger partial charge in [-0.3, -0.25) is 4.79 Å². The van der Waals surface area contributed by atoms with Crippen LogP contribution in [0.2, 0.25) is 5.02 Å². The maximum atomic E-state index is 13.5. The first kappa shape index (κ1) is 27.8. The smallest absolute Gasteiger partial charge is 0.253 e. The standard InChI is InChI=1S/C29H32BrClN2O3S/c1-20-15-25(30)16-21(2)26(20)19-32(3)29(34)24-9-10-27(31)28(18-24)37(35,36)33-13-11-23(12-14-33)17-22-7-5-4-6-8-22/h4-10,15-16,18,23H,11-14,17,19H2,1-3H3. The zero-order valence-electron chi connectivity index (χ0n) is 21.4. The van der Waals surface area contributed by atoms with E-state index in [9.17, 15) is 13.2 Å². The summed E-state index contributed by atoms with van der Waals surface area (Å²) < 4.78 is 29.6. The minimum Gasteiger partial charge on any atom is -0.337 e. The molecule has 8 heteroatoms. The van der Waals surface area contributed by atoms with Crippen LogP contribution >= 0.6 is 27.5 Å². The third-order valence-corrected chi connectivity index (χ3v) is 9.98. The Morgan fingerprint density at radius 2 is 1.65 bits per heavy atom. The summed E-state index contributed by atoms with van der Waals surface area (Å²) in [5.74, 6) is 0.188. The monoisotopic (exact) mass is 602 g/mol.